The van der Waals surface area contributed by atoms with E-state index in [1.807, 2.05) is 0 Å². The number of carbonyl (C=O) groups excluding carboxylic acids is 2. The van der Waals surface area contributed by atoms with Crippen LogP contribution in [0.2, 0.25) is 10.0 Å². The molecule has 3 aromatic rings. The normalized spacial score (nSPS) is 17.3. The predicted octanol–water partition coefficient (Wildman–Crippen LogP) is 6.14. The molecule has 35 heavy (non-hydrogen) atoms. The van der Waals surface area contributed by atoms with Gasteiger partial charge in [0.15, 0.2) is 11.6 Å². The Morgan fingerprint density at radius 1 is 1.14 bits per heavy atom. The lowest BCUT2D eigenvalue weighted by Gasteiger charge is -2.23. The van der Waals surface area contributed by atoms with Crippen LogP contribution in [-0.4, -0.2) is 29.9 Å². The first-order chi connectivity index (χ1) is 16.7. The van der Waals surface area contributed by atoms with E-state index < -0.39 is 17.6 Å². The second-order valence-electron chi connectivity index (χ2n) is 8.72. The minimum Gasteiger partial charge on any atom is -0.487 e. The molecule has 9 heteroatoms. The van der Waals surface area contributed by atoms with Crippen molar-refractivity contribution in [1.29, 1.82) is 0 Å². The summed E-state index contributed by atoms with van der Waals surface area (Å²) < 4.78 is 20.8. The number of rotatable bonds is 6. The van der Waals surface area contributed by atoms with Crippen LogP contribution >= 0.6 is 23.2 Å². The Labute approximate surface area is 212 Å². The van der Waals surface area contributed by atoms with Crippen LogP contribution in [0.3, 0.4) is 0 Å². The molecular weight excluding hydrogens is 492 g/mol. The Morgan fingerprint density at radius 3 is 2.57 bits per heavy atom. The summed E-state index contributed by atoms with van der Waals surface area (Å²) in [4.78, 5) is 30.6. The van der Waals surface area contributed by atoms with Crippen LogP contribution in [-0.2, 0) is 0 Å². The van der Waals surface area contributed by atoms with Crippen LogP contribution in [0.5, 0.6) is 5.75 Å². The standard InChI is InChI=1S/C26H24Cl2FN3O3/c1-14-6-8-17(10-14)35-22-12-16(18-11-15(24(30)33)7-9-19(18)27)13-31-25(22)32(2)26(34)23-20(28)4-3-5-21(23)29/h3-5,7,9,11-14,17H,6,8,10H2,1-2H3,(H2,30,33). The number of amides is 2. The zero-order chi connectivity index (χ0) is 25.3. The van der Waals surface area contributed by atoms with Crippen molar-refractivity contribution in [1.82, 2.24) is 4.98 Å². The minimum atomic E-state index is -0.729. The molecule has 0 aliphatic heterocycles. The third-order valence-corrected chi connectivity index (χ3v) is 6.78. The number of aromatic nitrogens is 1. The van der Waals surface area contributed by atoms with Crippen molar-refractivity contribution in [2.75, 3.05) is 11.9 Å². The summed E-state index contributed by atoms with van der Waals surface area (Å²) in [6.45, 7) is 2.16. The maximum Gasteiger partial charge on any atom is 0.263 e. The van der Waals surface area contributed by atoms with E-state index in [0.29, 0.717) is 33.4 Å². The van der Waals surface area contributed by atoms with Gasteiger partial charge in [0.05, 0.1) is 16.7 Å². The first-order valence-corrected chi connectivity index (χ1v) is 11.9. The number of nitrogens with zero attached hydrogens (tertiary/aromatic N) is 2. The van der Waals surface area contributed by atoms with E-state index >= 15 is 0 Å². The number of halogens is 3. The smallest absolute Gasteiger partial charge is 0.263 e. The molecule has 1 aromatic heterocycles. The molecule has 2 atom stereocenters. The Hall–Kier alpha value is -3.16. The van der Waals surface area contributed by atoms with Crippen molar-refractivity contribution < 1.29 is 18.7 Å². The van der Waals surface area contributed by atoms with Crippen LogP contribution in [0.4, 0.5) is 10.2 Å². The lowest BCUT2D eigenvalue weighted by Crippen LogP contribution is -2.29. The molecule has 182 valence electrons. The van der Waals surface area contributed by atoms with E-state index in [9.17, 15) is 14.0 Å². The van der Waals surface area contributed by atoms with Crippen LogP contribution < -0.4 is 15.4 Å². The number of nitrogens with two attached hydrogens (primary N) is 1. The van der Waals surface area contributed by atoms with Gasteiger partial charge in [-0.2, -0.15) is 0 Å². The first kappa shape index (κ1) is 24.9. The quantitative estimate of drug-likeness (QED) is 0.427. The van der Waals surface area contributed by atoms with Crippen LogP contribution in [0, 0.1) is 11.7 Å². The second kappa shape index (κ2) is 10.2. The molecule has 2 amide bonds. The topological polar surface area (TPSA) is 85.5 Å². The zero-order valence-corrected chi connectivity index (χ0v) is 20.7. The molecule has 2 aromatic carbocycles. The van der Waals surface area contributed by atoms with E-state index in [2.05, 4.69) is 11.9 Å². The maximum absolute atomic E-state index is 14.4. The van der Waals surface area contributed by atoms with Gasteiger partial charge in [0.1, 0.15) is 5.82 Å². The van der Waals surface area contributed by atoms with Crippen molar-refractivity contribution >= 4 is 40.8 Å². The number of hydrogen-bond acceptors (Lipinski definition) is 4. The Balaban J connectivity index is 1.78. The molecule has 4 rings (SSSR count). The van der Waals surface area contributed by atoms with Gasteiger partial charge >= 0.3 is 0 Å². The van der Waals surface area contributed by atoms with Crippen LogP contribution in [0.1, 0.15) is 46.9 Å². The largest absolute Gasteiger partial charge is 0.487 e. The number of benzene rings is 2. The van der Waals surface area contributed by atoms with E-state index in [4.69, 9.17) is 33.7 Å². The van der Waals surface area contributed by atoms with Crippen molar-refractivity contribution in [2.45, 2.75) is 32.3 Å². The number of anilines is 1. The molecule has 1 fully saturated rings. The molecule has 0 radical (unpaired) electrons. The summed E-state index contributed by atoms with van der Waals surface area (Å²) in [7, 11) is 1.48. The first-order valence-electron chi connectivity index (χ1n) is 11.1. The summed E-state index contributed by atoms with van der Waals surface area (Å²) in [6, 6.07) is 10.5. The van der Waals surface area contributed by atoms with Gasteiger partial charge in [-0.05, 0) is 61.6 Å². The highest BCUT2D eigenvalue weighted by atomic mass is 35.5. The molecule has 2 N–H and O–H groups in total. The number of primary amides is 1. The van der Waals surface area contributed by atoms with Gasteiger partial charge < -0.3 is 10.5 Å². The number of pyridine rings is 1. The Bertz CT molecular complexity index is 1280. The average molecular weight is 516 g/mol. The molecule has 0 saturated heterocycles. The summed E-state index contributed by atoms with van der Waals surface area (Å²) >= 11 is 12.5. The summed E-state index contributed by atoms with van der Waals surface area (Å²) in [5.41, 5.74) is 6.59. The van der Waals surface area contributed by atoms with E-state index in [1.165, 1.54) is 42.4 Å². The molecule has 1 saturated carbocycles. The van der Waals surface area contributed by atoms with Gasteiger partial charge in [-0.15, -0.1) is 0 Å². The SMILES string of the molecule is CC1CCC(Oc2cc(-c3cc(C(N)=O)ccc3Cl)cnc2N(C)C(=O)c2c(F)cccc2Cl)C1. The van der Waals surface area contributed by atoms with Gasteiger partial charge in [-0.3, -0.25) is 14.5 Å². The van der Waals surface area contributed by atoms with Crippen molar-refractivity contribution in [3.05, 3.63) is 75.7 Å². The summed E-state index contributed by atoms with van der Waals surface area (Å²) in [5.74, 6) is -0.918. The predicted molar refractivity (Wildman–Crippen MR) is 135 cm³/mol. The zero-order valence-electron chi connectivity index (χ0n) is 19.2. The molecule has 1 aliphatic rings. The Morgan fingerprint density at radius 2 is 1.91 bits per heavy atom. The van der Waals surface area contributed by atoms with Gasteiger partial charge in [0.2, 0.25) is 5.91 Å². The van der Waals surface area contributed by atoms with Gasteiger partial charge in [0.25, 0.3) is 5.91 Å². The molecule has 0 spiro atoms. The minimum absolute atomic E-state index is 0.000560. The lowest BCUT2D eigenvalue weighted by atomic mass is 10.0. The monoisotopic (exact) mass is 515 g/mol. The van der Waals surface area contributed by atoms with E-state index in [1.54, 1.807) is 18.2 Å². The molecule has 0 bridgehead atoms. The molecule has 1 heterocycles. The molecular formula is C26H24Cl2FN3O3. The average Bonchev–Trinajstić information content (AvgIpc) is 3.23. The number of carbonyl (C=O) groups is 2. The number of ether oxygens (including phenoxy) is 1. The third kappa shape index (κ3) is 5.26. The molecule has 6 nitrogen and oxygen atoms in total. The third-order valence-electron chi connectivity index (χ3n) is 6.13. The van der Waals surface area contributed by atoms with Crippen molar-refractivity contribution in [2.24, 2.45) is 11.7 Å². The van der Waals surface area contributed by atoms with E-state index in [-0.39, 0.29) is 22.5 Å². The van der Waals surface area contributed by atoms with Crippen molar-refractivity contribution in [3.63, 3.8) is 0 Å². The molecule has 1 aliphatic carbocycles. The van der Waals surface area contributed by atoms with Crippen LogP contribution in [0.25, 0.3) is 11.1 Å². The van der Waals surface area contributed by atoms with Crippen molar-refractivity contribution in [3.8, 4) is 16.9 Å². The maximum atomic E-state index is 14.4. The van der Waals surface area contributed by atoms with Crippen LogP contribution in [0.15, 0.2) is 48.7 Å². The van der Waals surface area contributed by atoms with E-state index in [0.717, 1.165) is 19.3 Å². The van der Waals surface area contributed by atoms with Gasteiger partial charge in [-0.25, -0.2) is 9.37 Å². The fourth-order valence-corrected chi connectivity index (χ4v) is 4.70. The lowest BCUT2D eigenvalue weighted by molar-refractivity contribution is 0.0983. The Kier molecular flexibility index (Phi) is 7.28. The molecule has 2 unspecified atom stereocenters. The second-order valence-corrected chi connectivity index (χ2v) is 9.54. The number of hydrogen-bond donors (Lipinski definition) is 1. The highest BCUT2D eigenvalue weighted by Gasteiger charge is 2.28. The fourth-order valence-electron chi connectivity index (χ4n) is 4.23. The fraction of sp³-hybridized carbons (Fsp3) is 0.269. The summed E-state index contributed by atoms with van der Waals surface area (Å²) in [6.07, 6.45) is 4.20. The highest BCUT2D eigenvalue weighted by molar-refractivity contribution is 6.34. The summed E-state index contributed by atoms with van der Waals surface area (Å²) in [5, 5.41) is 0.396. The van der Waals surface area contributed by atoms with Gasteiger partial charge in [-0.1, -0.05) is 36.2 Å². The highest BCUT2D eigenvalue weighted by Crippen LogP contribution is 2.38. The van der Waals surface area contributed by atoms with Gasteiger partial charge in [0, 0.05) is 35.0 Å².